The molecule has 2 aromatic carbocycles. The number of aliphatic hydroxyl groups excluding tert-OH is 2. The smallest absolute Gasteiger partial charge is 0.247 e. The Balaban J connectivity index is 1.32. The third kappa shape index (κ3) is 9.27. The van der Waals surface area contributed by atoms with Gasteiger partial charge in [0.25, 0.3) is 0 Å². The average molecular weight is 670 g/mol. The van der Waals surface area contributed by atoms with E-state index in [-0.39, 0.29) is 17.5 Å². The summed E-state index contributed by atoms with van der Waals surface area (Å²) >= 11 is 0. The number of hydrogen-bond acceptors (Lipinski definition) is 8. The van der Waals surface area contributed by atoms with Crippen LogP contribution in [-0.4, -0.2) is 45.7 Å². The molecule has 9 nitrogen and oxygen atoms in total. The van der Waals surface area contributed by atoms with Crippen molar-refractivity contribution >= 4 is 11.5 Å². The topological polar surface area (TPSA) is 156 Å². The zero-order valence-corrected chi connectivity index (χ0v) is 29.0. The largest absolute Gasteiger partial charge is 0.504 e. The molecule has 5 atom stereocenters. The number of rotatable bonds is 16. The van der Waals surface area contributed by atoms with Crippen LogP contribution in [0.15, 0.2) is 64.9 Å². The standard InChI is InChI=1S/C40H52N4O5/c1-3-5-7-10-31(35(46)11-8-6-4-2)36(47)18-14-26-15-19-37(48)38(20-26)49-39-13-9-12-34(45)30-17-16-27(40(41)42)21-28(30)22-29-23-43-33-25-44(39)24-32(29)33/h15-17,19-21,23-24,31,34-35,39-40,45-46,48H,3-8,10-11,13-14,18,22,25,41-42H2,1-2H3/p+1. The molecule has 5 unspecified atom stereocenters. The normalized spacial score (nSPS) is 21.0. The SMILES string of the molecule is CCCCCC(O)C(CCCCC)C(=O)CCc1ccc(O)c(OC2CC#CC(O)c3ccc(C(N)N)cc3CC3=CN=C4C[NH+]2C=C34)c1. The summed E-state index contributed by atoms with van der Waals surface area (Å²) in [4.78, 5) is 19.1. The number of carbonyl (C=O) groups excluding carboxylic acids is 1. The highest BCUT2D eigenvalue weighted by Crippen LogP contribution is 2.32. The number of nitrogens with two attached hydrogens (primary N) is 2. The van der Waals surface area contributed by atoms with Crippen LogP contribution in [0.4, 0.5) is 0 Å². The van der Waals surface area contributed by atoms with E-state index >= 15 is 0 Å². The minimum absolute atomic E-state index is 0.00480. The number of quaternary nitrogens is 1. The number of aliphatic imine (C=N–C) groups is 1. The molecule has 0 saturated heterocycles. The van der Waals surface area contributed by atoms with Crippen LogP contribution in [0.1, 0.15) is 113 Å². The predicted octanol–water partition coefficient (Wildman–Crippen LogP) is 4.46. The maximum Gasteiger partial charge on any atom is 0.247 e. The van der Waals surface area contributed by atoms with Crippen LogP contribution in [-0.2, 0) is 17.6 Å². The number of aliphatic hydroxyl groups is 2. The van der Waals surface area contributed by atoms with Gasteiger partial charge in [0, 0.05) is 25.0 Å². The summed E-state index contributed by atoms with van der Waals surface area (Å²) in [6.45, 7) is 4.87. The molecular weight excluding hydrogens is 616 g/mol. The number of unbranched alkanes of at least 4 members (excludes halogenated alkanes) is 4. The molecule has 0 saturated carbocycles. The lowest BCUT2D eigenvalue weighted by atomic mass is 9.86. The number of aryl methyl sites for hydroxylation is 1. The van der Waals surface area contributed by atoms with Gasteiger partial charge in [-0.1, -0.05) is 88.5 Å². The highest BCUT2D eigenvalue weighted by atomic mass is 16.5. The molecule has 2 aromatic rings. The van der Waals surface area contributed by atoms with Crippen molar-refractivity contribution in [3.05, 3.63) is 82.2 Å². The Bertz CT molecular complexity index is 1630. The van der Waals surface area contributed by atoms with Crippen LogP contribution >= 0.6 is 0 Å². The van der Waals surface area contributed by atoms with Crippen molar-refractivity contribution in [1.82, 2.24) is 0 Å². The molecule has 49 heavy (non-hydrogen) atoms. The third-order valence-electron chi connectivity index (χ3n) is 9.96. The number of phenolic OH excluding ortho intramolecular Hbond substituents is 1. The second kappa shape index (κ2) is 17.2. The molecule has 262 valence electrons. The molecule has 0 spiro atoms. The molecule has 2 bridgehead atoms. The fourth-order valence-corrected chi connectivity index (χ4v) is 7.01. The van der Waals surface area contributed by atoms with Crippen LogP contribution < -0.4 is 21.1 Å². The van der Waals surface area contributed by atoms with Gasteiger partial charge in [-0.3, -0.25) is 14.7 Å². The Labute approximate surface area is 290 Å². The van der Waals surface area contributed by atoms with Gasteiger partial charge in [0.05, 0.1) is 17.8 Å². The number of ether oxygens (including phenoxy) is 1. The molecule has 0 radical (unpaired) electrons. The summed E-state index contributed by atoms with van der Waals surface area (Å²) in [5, 5.41) is 32.9. The Morgan fingerprint density at radius 3 is 2.61 bits per heavy atom. The van der Waals surface area contributed by atoms with Crippen molar-refractivity contribution in [3.63, 3.8) is 0 Å². The van der Waals surface area contributed by atoms with Crippen molar-refractivity contribution in [2.24, 2.45) is 22.4 Å². The third-order valence-corrected chi connectivity index (χ3v) is 9.96. The van der Waals surface area contributed by atoms with E-state index in [1.165, 1.54) is 0 Å². The first-order valence-electron chi connectivity index (χ1n) is 18.0. The van der Waals surface area contributed by atoms with Crippen molar-refractivity contribution < 1.29 is 29.8 Å². The van der Waals surface area contributed by atoms with Gasteiger partial charge in [0.1, 0.15) is 36.8 Å². The quantitative estimate of drug-likeness (QED) is 0.0876. The zero-order valence-electron chi connectivity index (χ0n) is 29.0. The Hall–Kier alpha value is -3.78. The number of benzene rings is 2. The van der Waals surface area contributed by atoms with Gasteiger partial charge in [-0.2, -0.15) is 0 Å². The number of allylic oxidation sites excluding steroid dienone is 1. The van der Waals surface area contributed by atoms with Gasteiger partial charge in [-0.25, -0.2) is 0 Å². The molecule has 3 heterocycles. The highest BCUT2D eigenvalue weighted by molar-refractivity contribution is 6.08. The molecule has 3 aliphatic rings. The fraction of sp³-hybridized carbons (Fsp3) is 0.500. The predicted molar refractivity (Wildman–Crippen MR) is 192 cm³/mol. The maximum absolute atomic E-state index is 13.4. The van der Waals surface area contributed by atoms with Crippen LogP contribution in [0, 0.1) is 17.8 Å². The van der Waals surface area contributed by atoms with E-state index < -0.39 is 24.6 Å². The molecular formula is C40H53N4O5+. The summed E-state index contributed by atoms with van der Waals surface area (Å²) in [7, 11) is 0. The van der Waals surface area contributed by atoms with E-state index in [9.17, 15) is 20.1 Å². The average Bonchev–Trinajstić information content (AvgIpc) is 3.67. The second-order valence-corrected chi connectivity index (χ2v) is 13.7. The number of aromatic hydroxyl groups is 1. The number of nitrogens with one attached hydrogen (secondary N) is 1. The Morgan fingerprint density at radius 1 is 1.08 bits per heavy atom. The number of carbonyl (C=O) groups is 1. The van der Waals surface area contributed by atoms with Crippen molar-refractivity contribution in [2.45, 2.75) is 115 Å². The Morgan fingerprint density at radius 2 is 1.86 bits per heavy atom. The van der Waals surface area contributed by atoms with Gasteiger partial charge in [0.15, 0.2) is 11.5 Å². The highest BCUT2D eigenvalue weighted by Gasteiger charge is 2.36. The summed E-state index contributed by atoms with van der Waals surface area (Å²) in [5.41, 5.74) is 18.2. The molecule has 9 heteroatoms. The second-order valence-electron chi connectivity index (χ2n) is 13.7. The van der Waals surface area contributed by atoms with E-state index in [1.807, 2.05) is 30.5 Å². The summed E-state index contributed by atoms with van der Waals surface area (Å²) < 4.78 is 6.49. The maximum atomic E-state index is 13.4. The van der Waals surface area contributed by atoms with E-state index in [1.54, 1.807) is 12.1 Å². The lowest BCUT2D eigenvalue weighted by Crippen LogP contribution is -3.12. The van der Waals surface area contributed by atoms with Gasteiger partial charge in [-0.15, -0.1) is 0 Å². The molecule has 3 aliphatic heterocycles. The zero-order chi connectivity index (χ0) is 34.9. The first-order valence-corrected chi connectivity index (χ1v) is 18.0. The summed E-state index contributed by atoms with van der Waals surface area (Å²) in [5.74, 6) is 6.20. The molecule has 0 aliphatic carbocycles. The minimum atomic E-state index is -1.01. The van der Waals surface area contributed by atoms with Crippen LogP contribution in [0.2, 0.25) is 0 Å². The molecule has 0 amide bonds. The number of Topliss-reactive ketones (excluding diaryl/α,β-unsaturated/α-hetero) is 1. The van der Waals surface area contributed by atoms with Gasteiger partial charge in [-0.05, 0) is 59.2 Å². The minimum Gasteiger partial charge on any atom is -0.504 e. The number of fused-ring (bicyclic) bond motifs is 2. The summed E-state index contributed by atoms with van der Waals surface area (Å²) in [6.07, 6.45) is 10.4. The Kier molecular flexibility index (Phi) is 12.8. The molecule has 0 fully saturated rings. The first kappa shape index (κ1) is 36.5. The lowest BCUT2D eigenvalue weighted by Gasteiger charge is -2.23. The van der Waals surface area contributed by atoms with Crippen LogP contribution in [0.5, 0.6) is 11.5 Å². The monoisotopic (exact) mass is 669 g/mol. The van der Waals surface area contributed by atoms with E-state index in [0.29, 0.717) is 56.4 Å². The molecule has 0 aromatic heterocycles. The molecule has 5 rings (SSSR count). The van der Waals surface area contributed by atoms with Gasteiger partial charge in [0.2, 0.25) is 6.23 Å². The van der Waals surface area contributed by atoms with Gasteiger partial charge >= 0.3 is 0 Å². The summed E-state index contributed by atoms with van der Waals surface area (Å²) in [6, 6.07) is 10.8. The lowest BCUT2D eigenvalue weighted by molar-refractivity contribution is -0.882. The number of nitrogens with zero attached hydrogens (tertiary/aromatic N) is 1. The van der Waals surface area contributed by atoms with Crippen molar-refractivity contribution in [3.8, 4) is 23.3 Å². The van der Waals surface area contributed by atoms with Crippen molar-refractivity contribution in [2.75, 3.05) is 6.54 Å². The van der Waals surface area contributed by atoms with Crippen LogP contribution in [0.3, 0.4) is 0 Å². The number of hydrogen-bond donors (Lipinski definition) is 6. The van der Waals surface area contributed by atoms with E-state index in [0.717, 1.165) is 77.0 Å². The van der Waals surface area contributed by atoms with Crippen molar-refractivity contribution in [1.29, 1.82) is 0 Å². The van der Waals surface area contributed by atoms with Gasteiger partial charge < -0.3 is 31.5 Å². The number of ketones is 1. The van der Waals surface area contributed by atoms with E-state index in [2.05, 4.69) is 31.9 Å². The molecule has 8 N–H and O–H groups in total. The fourth-order valence-electron chi connectivity index (χ4n) is 7.01. The first-order chi connectivity index (χ1) is 23.7. The van der Waals surface area contributed by atoms with Crippen LogP contribution in [0.25, 0.3) is 0 Å². The van der Waals surface area contributed by atoms with E-state index in [4.69, 9.17) is 21.2 Å². The number of phenols is 1.